The molecule has 4 rings (SSSR count). The summed E-state index contributed by atoms with van der Waals surface area (Å²) in [5.41, 5.74) is 1.84. The molecular formula is C22H29N5O. The van der Waals surface area contributed by atoms with Crippen LogP contribution in [0.2, 0.25) is 0 Å². The number of hydrogen-bond donors (Lipinski definition) is 0. The number of nitrogens with zero attached hydrogens (tertiary/aromatic N) is 5. The monoisotopic (exact) mass is 379 g/mol. The van der Waals surface area contributed by atoms with Crippen LogP contribution in [-0.2, 0) is 6.42 Å². The fraction of sp³-hybridized carbons (Fsp3) is 0.500. The summed E-state index contributed by atoms with van der Waals surface area (Å²) in [5.74, 6) is 1.53. The van der Waals surface area contributed by atoms with Gasteiger partial charge in [-0.25, -0.2) is 9.97 Å². The Kier molecular flexibility index (Phi) is 5.86. The summed E-state index contributed by atoms with van der Waals surface area (Å²) in [5, 5.41) is 0. The van der Waals surface area contributed by atoms with Gasteiger partial charge >= 0.3 is 0 Å². The van der Waals surface area contributed by atoms with Crippen molar-refractivity contribution in [2.45, 2.75) is 19.3 Å². The highest BCUT2D eigenvalue weighted by Crippen LogP contribution is 2.22. The molecule has 6 heteroatoms. The zero-order valence-corrected chi connectivity index (χ0v) is 16.6. The number of piperazine rings is 1. The first-order chi connectivity index (χ1) is 13.7. The van der Waals surface area contributed by atoms with Crippen molar-refractivity contribution in [3.05, 3.63) is 54.0 Å². The fourth-order valence-corrected chi connectivity index (χ4v) is 4.08. The van der Waals surface area contributed by atoms with Crippen LogP contribution in [0.5, 0.6) is 0 Å². The van der Waals surface area contributed by atoms with E-state index in [0.29, 0.717) is 11.6 Å². The Hall–Kier alpha value is -2.47. The molecule has 0 bridgehead atoms. The Morgan fingerprint density at radius 2 is 1.68 bits per heavy atom. The lowest BCUT2D eigenvalue weighted by molar-refractivity contribution is 0.0684. The Morgan fingerprint density at radius 1 is 0.964 bits per heavy atom. The maximum atomic E-state index is 12.8. The zero-order valence-electron chi connectivity index (χ0n) is 16.6. The van der Waals surface area contributed by atoms with E-state index in [4.69, 9.17) is 0 Å². The number of likely N-dealkylation sites (N-methyl/N-ethyl adjacent to an activating group) is 1. The summed E-state index contributed by atoms with van der Waals surface area (Å²) in [7, 11) is 2.13. The minimum Gasteiger partial charge on any atom is -0.353 e. The van der Waals surface area contributed by atoms with Gasteiger partial charge in [0.15, 0.2) is 0 Å². The molecule has 0 saturated carbocycles. The molecule has 1 amide bonds. The van der Waals surface area contributed by atoms with Crippen LogP contribution in [0.25, 0.3) is 0 Å². The average Bonchev–Trinajstić information content (AvgIpc) is 2.75. The number of likely N-dealkylation sites (tertiary alicyclic amines) is 1. The number of benzene rings is 1. The SMILES string of the molecule is CN1CCN(c2cnc(C(=O)N3CCC(Cc4ccccc4)CC3)cn2)CC1. The second kappa shape index (κ2) is 8.69. The fourth-order valence-electron chi connectivity index (χ4n) is 4.08. The lowest BCUT2D eigenvalue weighted by Gasteiger charge is -2.33. The van der Waals surface area contributed by atoms with Gasteiger partial charge in [-0.2, -0.15) is 0 Å². The van der Waals surface area contributed by atoms with Crippen LogP contribution in [0, 0.1) is 5.92 Å². The summed E-state index contributed by atoms with van der Waals surface area (Å²) in [4.78, 5) is 28.2. The zero-order chi connectivity index (χ0) is 19.3. The molecule has 1 aromatic carbocycles. The molecule has 148 valence electrons. The molecule has 2 aliphatic heterocycles. The molecule has 2 saturated heterocycles. The van der Waals surface area contributed by atoms with Crippen molar-refractivity contribution in [1.82, 2.24) is 19.8 Å². The van der Waals surface area contributed by atoms with Crippen LogP contribution in [0.4, 0.5) is 5.82 Å². The summed E-state index contributed by atoms with van der Waals surface area (Å²) in [6, 6.07) is 10.6. The van der Waals surface area contributed by atoms with Crippen molar-refractivity contribution in [3.8, 4) is 0 Å². The number of amides is 1. The second-order valence-electron chi connectivity index (χ2n) is 7.98. The van der Waals surface area contributed by atoms with E-state index in [1.54, 1.807) is 12.4 Å². The van der Waals surface area contributed by atoms with E-state index in [1.807, 2.05) is 4.90 Å². The Bertz CT molecular complexity index is 763. The van der Waals surface area contributed by atoms with E-state index in [-0.39, 0.29) is 5.91 Å². The maximum Gasteiger partial charge on any atom is 0.274 e. The van der Waals surface area contributed by atoms with Crippen molar-refractivity contribution in [1.29, 1.82) is 0 Å². The minimum atomic E-state index is 0.00980. The standard InChI is InChI=1S/C22H29N5O/c1-25-11-13-26(14-12-25)21-17-23-20(16-24-21)22(28)27-9-7-19(8-10-27)15-18-5-3-2-4-6-18/h2-6,16-17,19H,7-15H2,1H3. The number of piperidine rings is 1. The predicted octanol–water partition coefficient (Wildman–Crippen LogP) is 2.32. The number of hydrogen-bond acceptors (Lipinski definition) is 5. The average molecular weight is 380 g/mol. The third-order valence-corrected chi connectivity index (χ3v) is 5.95. The first-order valence-corrected chi connectivity index (χ1v) is 10.3. The summed E-state index contributed by atoms with van der Waals surface area (Å²) in [6.45, 7) is 5.57. The summed E-state index contributed by atoms with van der Waals surface area (Å²) >= 11 is 0. The number of carbonyl (C=O) groups excluding carboxylic acids is 1. The predicted molar refractivity (Wildman–Crippen MR) is 111 cm³/mol. The highest BCUT2D eigenvalue weighted by molar-refractivity contribution is 5.92. The molecule has 0 unspecified atom stereocenters. The van der Waals surface area contributed by atoms with Gasteiger partial charge < -0.3 is 14.7 Å². The van der Waals surface area contributed by atoms with Crippen molar-refractivity contribution in [2.24, 2.45) is 5.92 Å². The quantitative estimate of drug-likeness (QED) is 0.816. The van der Waals surface area contributed by atoms with Crippen molar-refractivity contribution in [2.75, 3.05) is 51.2 Å². The van der Waals surface area contributed by atoms with Crippen molar-refractivity contribution < 1.29 is 4.79 Å². The number of carbonyl (C=O) groups is 1. The summed E-state index contributed by atoms with van der Waals surface area (Å²) < 4.78 is 0. The lowest BCUT2D eigenvalue weighted by Crippen LogP contribution is -2.45. The molecule has 0 radical (unpaired) electrons. The van der Waals surface area contributed by atoms with Gasteiger partial charge in [0.1, 0.15) is 11.5 Å². The van der Waals surface area contributed by atoms with Gasteiger partial charge in [-0.15, -0.1) is 0 Å². The Labute approximate surface area is 167 Å². The van der Waals surface area contributed by atoms with E-state index in [2.05, 4.69) is 57.1 Å². The van der Waals surface area contributed by atoms with Crippen molar-refractivity contribution >= 4 is 11.7 Å². The molecule has 0 atom stereocenters. The molecule has 0 spiro atoms. The van der Waals surface area contributed by atoms with Crippen LogP contribution >= 0.6 is 0 Å². The molecule has 28 heavy (non-hydrogen) atoms. The van der Waals surface area contributed by atoms with Crippen LogP contribution < -0.4 is 4.90 Å². The lowest BCUT2D eigenvalue weighted by atomic mass is 9.90. The molecule has 6 nitrogen and oxygen atoms in total. The normalized spacial score (nSPS) is 19.0. The number of aromatic nitrogens is 2. The van der Waals surface area contributed by atoms with E-state index in [9.17, 15) is 4.79 Å². The highest BCUT2D eigenvalue weighted by Gasteiger charge is 2.25. The maximum absolute atomic E-state index is 12.8. The number of anilines is 1. The van der Waals surface area contributed by atoms with Crippen LogP contribution in [-0.4, -0.2) is 72.0 Å². The van der Waals surface area contributed by atoms with Gasteiger partial charge in [0.05, 0.1) is 12.4 Å². The van der Waals surface area contributed by atoms with Crippen LogP contribution in [0.15, 0.2) is 42.7 Å². The van der Waals surface area contributed by atoms with Gasteiger partial charge in [-0.1, -0.05) is 30.3 Å². The van der Waals surface area contributed by atoms with Gasteiger partial charge in [-0.3, -0.25) is 4.79 Å². The van der Waals surface area contributed by atoms with Gasteiger partial charge in [0.2, 0.25) is 0 Å². The highest BCUT2D eigenvalue weighted by atomic mass is 16.2. The Morgan fingerprint density at radius 3 is 2.32 bits per heavy atom. The first-order valence-electron chi connectivity index (χ1n) is 10.3. The molecular weight excluding hydrogens is 350 g/mol. The third kappa shape index (κ3) is 4.50. The third-order valence-electron chi connectivity index (χ3n) is 5.95. The van der Waals surface area contributed by atoms with Gasteiger partial charge in [-0.05, 0) is 37.8 Å². The second-order valence-corrected chi connectivity index (χ2v) is 7.98. The first kappa shape index (κ1) is 18.9. The molecule has 2 aromatic rings. The molecule has 1 aromatic heterocycles. The van der Waals surface area contributed by atoms with E-state index in [0.717, 1.165) is 64.3 Å². The topological polar surface area (TPSA) is 52.6 Å². The van der Waals surface area contributed by atoms with E-state index < -0.39 is 0 Å². The largest absolute Gasteiger partial charge is 0.353 e. The van der Waals surface area contributed by atoms with Gasteiger partial charge in [0.25, 0.3) is 5.91 Å². The number of rotatable bonds is 4. The Balaban J connectivity index is 1.30. The van der Waals surface area contributed by atoms with Crippen LogP contribution in [0.3, 0.4) is 0 Å². The van der Waals surface area contributed by atoms with Gasteiger partial charge in [0, 0.05) is 39.3 Å². The summed E-state index contributed by atoms with van der Waals surface area (Å²) in [6.07, 6.45) is 6.59. The molecule has 2 fully saturated rings. The minimum absolute atomic E-state index is 0.00980. The molecule has 2 aliphatic rings. The van der Waals surface area contributed by atoms with E-state index >= 15 is 0 Å². The smallest absolute Gasteiger partial charge is 0.274 e. The van der Waals surface area contributed by atoms with Crippen LogP contribution in [0.1, 0.15) is 28.9 Å². The van der Waals surface area contributed by atoms with E-state index in [1.165, 1.54) is 5.56 Å². The van der Waals surface area contributed by atoms with Crippen molar-refractivity contribution in [3.63, 3.8) is 0 Å². The molecule has 0 N–H and O–H groups in total. The molecule has 0 aliphatic carbocycles. The molecule has 3 heterocycles.